The minimum absolute atomic E-state index is 0.0731. The molecule has 0 atom stereocenters. The van der Waals surface area contributed by atoms with Gasteiger partial charge < -0.3 is 9.73 Å². The number of nitrogens with one attached hydrogen (secondary N) is 1. The molecule has 0 saturated carbocycles. The zero-order chi connectivity index (χ0) is 19.7. The molecule has 3 aromatic carbocycles. The smallest absolute Gasteiger partial charge is 0.257 e. The molecule has 1 N–H and O–H groups in total. The Morgan fingerprint density at radius 3 is 2.32 bits per heavy atom. The van der Waals surface area contributed by atoms with Gasteiger partial charge in [-0.1, -0.05) is 51.8 Å². The largest absolute Gasteiger partial charge is 0.450 e. The molecule has 0 spiro atoms. The van der Waals surface area contributed by atoms with Crippen LogP contribution in [0.3, 0.4) is 0 Å². The Hall–Kier alpha value is -2.89. The van der Waals surface area contributed by atoms with Gasteiger partial charge in [0.1, 0.15) is 5.58 Å². The van der Waals surface area contributed by atoms with Crippen LogP contribution in [0.2, 0.25) is 5.02 Å². The number of hydrogen-bond donors (Lipinski definition) is 1. The minimum atomic E-state index is -0.415. The Labute approximate surface area is 174 Å². The van der Waals surface area contributed by atoms with E-state index < -0.39 is 5.91 Å². The third-order valence-corrected chi connectivity index (χ3v) is 5.12. The van der Waals surface area contributed by atoms with Gasteiger partial charge in [0.05, 0.1) is 16.3 Å². The summed E-state index contributed by atoms with van der Waals surface area (Å²) >= 11 is 9.49. The Bertz CT molecular complexity index is 1200. The number of ketones is 1. The van der Waals surface area contributed by atoms with E-state index in [1.165, 1.54) is 0 Å². The van der Waals surface area contributed by atoms with Gasteiger partial charge in [-0.25, -0.2) is 0 Å². The highest BCUT2D eigenvalue weighted by molar-refractivity contribution is 9.10. The Morgan fingerprint density at radius 2 is 1.57 bits per heavy atom. The third-order valence-electron chi connectivity index (χ3n) is 4.27. The Balaban J connectivity index is 1.79. The van der Waals surface area contributed by atoms with Crippen LogP contribution in [0.15, 0.2) is 81.7 Å². The van der Waals surface area contributed by atoms with Crippen molar-refractivity contribution >= 4 is 55.9 Å². The molecule has 4 nitrogen and oxygen atoms in total. The van der Waals surface area contributed by atoms with E-state index in [9.17, 15) is 9.59 Å². The van der Waals surface area contributed by atoms with Crippen LogP contribution in [0, 0.1) is 0 Å². The van der Waals surface area contributed by atoms with Crippen molar-refractivity contribution in [2.45, 2.75) is 0 Å². The van der Waals surface area contributed by atoms with E-state index in [0.717, 1.165) is 4.47 Å². The van der Waals surface area contributed by atoms with Crippen LogP contribution in [-0.2, 0) is 0 Å². The standard InChI is InChI=1S/C22H13BrClNO3/c23-14-11-9-13(10-12-14)20(26)21-19(16-6-2-4-8-18(16)28-21)25-22(27)15-5-1-3-7-17(15)24/h1-12H,(H,25,27). The molecule has 4 rings (SSSR count). The Kier molecular flexibility index (Phi) is 5.03. The number of furan rings is 1. The van der Waals surface area contributed by atoms with Crippen LogP contribution in [0.1, 0.15) is 26.5 Å². The molecular weight excluding hydrogens is 442 g/mol. The summed E-state index contributed by atoms with van der Waals surface area (Å²) in [5.41, 5.74) is 1.61. The summed E-state index contributed by atoms with van der Waals surface area (Å²) in [5.74, 6) is -0.663. The van der Waals surface area contributed by atoms with Crippen molar-refractivity contribution in [3.05, 3.63) is 99.2 Å². The SMILES string of the molecule is O=C(Nc1c(C(=O)c2ccc(Br)cc2)oc2ccccc12)c1ccccc1Cl. The molecule has 0 bridgehead atoms. The molecule has 0 radical (unpaired) electrons. The zero-order valence-electron chi connectivity index (χ0n) is 14.4. The van der Waals surface area contributed by atoms with Crippen molar-refractivity contribution in [1.82, 2.24) is 0 Å². The van der Waals surface area contributed by atoms with Gasteiger partial charge in [0.2, 0.25) is 5.78 Å². The lowest BCUT2D eigenvalue weighted by molar-refractivity contribution is 0.101. The average Bonchev–Trinajstić information content (AvgIpc) is 3.07. The number of hydrogen-bond acceptors (Lipinski definition) is 3. The first-order valence-corrected chi connectivity index (χ1v) is 9.59. The first-order valence-electron chi connectivity index (χ1n) is 8.42. The topological polar surface area (TPSA) is 59.3 Å². The molecule has 138 valence electrons. The lowest BCUT2D eigenvalue weighted by atomic mass is 10.1. The first-order chi connectivity index (χ1) is 13.5. The molecule has 0 unspecified atom stereocenters. The molecule has 1 aromatic heterocycles. The molecule has 1 amide bonds. The summed E-state index contributed by atoms with van der Waals surface area (Å²) in [6.45, 7) is 0. The molecule has 0 aliphatic heterocycles. The molecule has 28 heavy (non-hydrogen) atoms. The van der Waals surface area contributed by atoms with Gasteiger partial charge in [-0.2, -0.15) is 0 Å². The highest BCUT2D eigenvalue weighted by Crippen LogP contribution is 2.33. The monoisotopic (exact) mass is 453 g/mol. The average molecular weight is 455 g/mol. The lowest BCUT2D eigenvalue weighted by Crippen LogP contribution is -2.14. The maximum Gasteiger partial charge on any atom is 0.257 e. The second kappa shape index (κ2) is 7.62. The van der Waals surface area contributed by atoms with E-state index in [1.807, 2.05) is 6.07 Å². The molecule has 0 aliphatic rings. The van der Waals surface area contributed by atoms with E-state index in [-0.39, 0.29) is 11.5 Å². The lowest BCUT2D eigenvalue weighted by Gasteiger charge is -2.07. The number of para-hydroxylation sites is 1. The van der Waals surface area contributed by atoms with Crippen LogP contribution in [0.5, 0.6) is 0 Å². The van der Waals surface area contributed by atoms with Crippen molar-refractivity contribution in [3.8, 4) is 0 Å². The van der Waals surface area contributed by atoms with Gasteiger partial charge in [0.25, 0.3) is 5.91 Å². The van der Waals surface area contributed by atoms with Gasteiger partial charge in [-0.15, -0.1) is 0 Å². The van der Waals surface area contributed by atoms with Gasteiger partial charge in [0, 0.05) is 15.4 Å². The Morgan fingerprint density at radius 1 is 0.893 bits per heavy atom. The maximum absolute atomic E-state index is 13.0. The van der Waals surface area contributed by atoms with E-state index in [1.54, 1.807) is 66.7 Å². The fourth-order valence-corrected chi connectivity index (χ4v) is 3.37. The number of halogens is 2. The van der Waals surface area contributed by atoms with Crippen molar-refractivity contribution in [3.63, 3.8) is 0 Å². The van der Waals surface area contributed by atoms with Crippen molar-refractivity contribution < 1.29 is 14.0 Å². The molecule has 0 fully saturated rings. The van der Waals surface area contributed by atoms with E-state index in [4.69, 9.17) is 16.0 Å². The molecular formula is C22H13BrClNO3. The normalized spacial score (nSPS) is 10.8. The summed E-state index contributed by atoms with van der Waals surface area (Å²) in [6.07, 6.45) is 0. The van der Waals surface area contributed by atoms with Gasteiger partial charge in [-0.3, -0.25) is 9.59 Å². The van der Waals surface area contributed by atoms with Crippen molar-refractivity contribution in [2.75, 3.05) is 5.32 Å². The van der Waals surface area contributed by atoms with Gasteiger partial charge >= 0.3 is 0 Å². The molecule has 4 aromatic rings. The minimum Gasteiger partial charge on any atom is -0.450 e. The number of amides is 1. The second-order valence-corrected chi connectivity index (χ2v) is 7.40. The predicted octanol–water partition coefficient (Wildman–Crippen LogP) is 6.33. The van der Waals surface area contributed by atoms with Crippen LogP contribution in [0.25, 0.3) is 11.0 Å². The van der Waals surface area contributed by atoms with Crippen molar-refractivity contribution in [2.24, 2.45) is 0 Å². The van der Waals surface area contributed by atoms with Gasteiger partial charge in [0.15, 0.2) is 5.76 Å². The fourth-order valence-electron chi connectivity index (χ4n) is 2.89. The third kappa shape index (κ3) is 3.46. The fraction of sp³-hybridized carbons (Fsp3) is 0. The maximum atomic E-state index is 13.0. The molecule has 0 saturated heterocycles. The first kappa shape index (κ1) is 18.5. The zero-order valence-corrected chi connectivity index (χ0v) is 16.8. The summed E-state index contributed by atoms with van der Waals surface area (Å²) in [7, 11) is 0. The number of carbonyl (C=O) groups is 2. The van der Waals surface area contributed by atoms with E-state index in [2.05, 4.69) is 21.2 Å². The van der Waals surface area contributed by atoms with Crippen LogP contribution < -0.4 is 5.32 Å². The number of benzene rings is 3. The van der Waals surface area contributed by atoms with E-state index in [0.29, 0.717) is 32.8 Å². The predicted molar refractivity (Wildman–Crippen MR) is 113 cm³/mol. The number of fused-ring (bicyclic) bond motifs is 1. The molecule has 0 aliphatic carbocycles. The summed E-state index contributed by atoms with van der Waals surface area (Å²) in [6, 6.07) is 20.8. The highest BCUT2D eigenvalue weighted by atomic mass is 79.9. The molecule has 6 heteroatoms. The van der Waals surface area contributed by atoms with Gasteiger partial charge in [-0.05, 0) is 48.5 Å². The van der Waals surface area contributed by atoms with Crippen LogP contribution >= 0.6 is 27.5 Å². The highest BCUT2D eigenvalue weighted by Gasteiger charge is 2.24. The summed E-state index contributed by atoms with van der Waals surface area (Å²) in [5, 5.41) is 3.77. The van der Waals surface area contributed by atoms with E-state index >= 15 is 0 Å². The number of carbonyl (C=O) groups excluding carboxylic acids is 2. The second-order valence-electron chi connectivity index (χ2n) is 6.07. The van der Waals surface area contributed by atoms with Crippen LogP contribution in [-0.4, -0.2) is 11.7 Å². The number of anilines is 1. The van der Waals surface area contributed by atoms with Crippen LogP contribution in [0.4, 0.5) is 5.69 Å². The quantitative estimate of drug-likeness (QED) is 0.366. The summed E-state index contributed by atoms with van der Waals surface area (Å²) in [4.78, 5) is 25.8. The van der Waals surface area contributed by atoms with Crippen molar-refractivity contribution in [1.29, 1.82) is 0 Å². The number of rotatable bonds is 4. The summed E-state index contributed by atoms with van der Waals surface area (Å²) < 4.78 is 6.67. The molecule has 1 heterocycles.